The van der Waals surface area contributed by atoms with Crippen LogP contribution in [0.2, 0.25) is 0 Å². The highest BCUT2D eigenvalue weighted by atomic mass is 16.5. The second kappa shape index (κ2) is 6.54. The topological polar surface area (TPSA) is 97.0 Å². The number of hydrogen-bond donors (Lipinski definition) is 1. The molecule has 1 N–H and O–H groups in total. The molecule has 0 radical (unpaired) electrons. The molecule has 1 heterocycles. The van der Waals surface area contributed by atoms with Crippen LogP contribution in [0.5, 0.6) is 0 Å². The van der Waals surface area contributed by atoms with E-state index in [0.717, 1.165) is 5.69 Å². The van der Waals surface area contributed by atoms with Crippen molar-refractivity contribution in [1.82, 2.24) is 9.78 Å². The standard InChI is InChI=1S/C15H14N4O3/c1-10-6-13(19(2)18-10)17-14(20)9-22-15(21)12-5-3-4-11(7-12)8-16/h3-7H,9H2,1-2H3,(H,17,20). The number of ether oxygens (including phenoxy) is 1. The first-order valence-electron chi connectivity index (χ1n) is 6.47. The third kappa shape index (κ3) is 3.70. The lowest BCUT2D eigenvalue weighted by atomic mass is 10.1. The maximum atomic E-state index is 11.8. The van der Waals surface area contributed by atoms with Gasteiger partial charge in [-0.05, 0) is 25.1 Å². The quantitative estimate of drug-likeness (QED) is 0.860. The number of aromatic nitrogens is 2. The minimum Gasteiger partial charge on any atom is -0.452 e. The molecule has 1 aromatic carbocycles. The maximum Gasteiger partial charge on any atom is 0.338 e. The molecule has 0 bridgehead atoms. The first-order chi connectivity index (χ1) is 10.5. The van der Waals surface area contributed by atoms with Crippen LogP contribution in [0.1, 0.15) is 21.6 Å². The van der Waals surface area contributed by atoms with Gasteiger partial charge in [-0.3, -0.25) is 9.48 Å². The number of amides is 1. The van der Waals surface area contributed by atoms with Gasteiger partial charge in [0.1, 0.15) is 5.82 Å². The highest BCUT2D eigenvalue weighted by Gasteiger charge is 2.12. The van der Waals surface area contributed by atoms with Crippen molar-refractivity contribution in [3.8, 4) is 6.07 Å². The predicted molar refractivity (Wildman–Crippen MR) is 78.0 cm³/mol. The smallest absolute Gasteiger partial charge is 0.338 e. The molecule has 0 saturated carbocycles. The van der Waals surface area contributed by atoms with E-state index in [1.165, 1.54) is 16.8 Å². The van der Waals surface area contributed by atoms with Gasteiger partial charge in [0.05, 0.1) is 22.9 Å². The number of anilines is 1. The van der Waals surface area contributed by atoms with E-state index in [9.17, 15) is 9.59 Å². The molecule has 112 valence electrons. The Kier molecular flexibility index (Phi) is 4.53. The van der Waals surface area contributed by atoms with Crippen molar-refractivity contribution < 1.29 is 14.3 Å². The Labute approximate surface area is 127 Å². The van der Waals surface area contributed by atoms with Crippen LogP contribution < -0.4 is 5.32 Å². The zero-order chi connectivity index (χ0) is 16.1. The molecule has 1 amide bonds. The van der Waals surface area contributed by atoms with E-state index in [1.807, 2.05) is 6.07 Å². The second-order valence-corrected chi connectivity index (χ2v) is 4.61. The first kappa shape index (κ1) is 15.3. The Morgan fingerprint density at radius 2 is 2.18 bits per heavy atom. The molecule has 0 aliphatic carbocycles. The molecular weight excluding hydrogens is 284 g/mol. The van der Waals surface area contributed by atoms with Gasteiger partial charge in [-0.25, -0.2) is 4.79 Å². The lowest BCUT2D eigenvalue weighted by Gasteiger charge is -2.06. The highest BCUT2D eigenvalue weighted by molar-refractivity contribution is 5.95. The van der Waals surface area contributed by atoms with Gasteiger partial charge in [-0.2, -0.15) is 10.4 Å². The SMILES string of the molecule is Cc1cc(NC(=O)COC(=O)c2cccc(C#N)c2)n(C)n1. The first-order valence-corrected chi connectivity index (χ1v) is 6.47. The van der Waals surface area contributed by atoms with Crippen LogP contribution in [-0.4, -0.2) is 28.3 Å². The molecular formula is C15H14N4O3. The fourth-order valence-electron chi connectivity index (χ4n) is 1.84. The Morgan fingerprint density at radius 1 is 1.41 bits per heavy atom. The van der Waals surface area contributed by atoms with E-state index in [0.29, 0.717) is 11.4 Å². The average molecular weight is 298 g/mol. The van der Waals surface area contributed by atoms with Crippen molar-refractivity contribution in [3.63, 3.8) is 0 Å². The largest absolute Gasteiger partial charge is 0.452 e. The van der Waals surface area contributed by atoms with Crippen molar-refractivity contribution in [2.24, 2.45) is 7.05 Å². The van der Waals surface area contributed by atoms with E-state index < -0.39 is 18.5 Å². The number of aryl methyl sites for hydroxylation is 2. The zero-order valence-electron chi connectivity index (χ0n) is 12.2. The Hall–Kier alpha value is -3.14. The molecule has 0 aliphatic rings. The van der Waals surface area contributed by atoms with Crippen LogP contribution in [0.3, 0.4) is 0 Å². The van der Waals surface area contributed by atoms with Crippen molar-refractivity contribution in [2.75, 3.05) is 11.9 Å². The summed E-state index contributed by atoms with van der Waals surface area (Å²) >= 11 is 0. The van der Waals surface area contributed by atoms with E-state index in [1.54, 1.807) is 32.2 Å². The second-order valence-electron chi connectivity index (χ2n) is 4.61. The molecule has 0 fully saturated rings. The number of benzene rings is 1. The number of hydrogen-bond acceptors (Lipinski definition) is 5. The number of nitrogens with zero attached hydrogens (tertiary/aromatic N) is 3. The molecule has 1 aromatic heterocycles. The van der Waals surface area contributed by atoms with Crippen LogP contribution >= 0.6 is 0 Å². The van der Waals surface area contributed by atoms with E-state index >= 15 is 0 Å². The summed E-state index contributed by atoms with van der Waals surface area (Å²) in [4.78, 5) is 23.6. The van der Waals surface area contributed by atoms with E-state index in [2.05, 4.69) is 10.4 Å². The van der Waals surface area contributed by atoms with Gasteiger partial charge in [0.2, 0.25) is 0 Å². The van der Waals surface area contributed by atoms with E-state index in [4.69, 9.17) is 10.00 Å². The molecule has 2 rings (SSSR count). The summed E-state index contributed by atoms with van der Waals surface area (Å²) in [5.41, 5.74) is 1.34. The number of nitriles is 1. The molecule has 0 spiro atoms. The normalized spacial score (nSPS) is 9.86. The summed E-state index contributed by atoms with van der Waals surface area (Å²) in [5, 5.41) is 15.5. The Morgan fingerprint density at radius 3 is 2.82 bits per heavy atom. The molecule has 22 heavy (non-hydrogen) atoms. The minimum absolute atomic E-state index is 0.225. The highest BCUT2D eigenvalue weighted by Crippen LogP contribution is 2.08. The minimum atomic E-state index is -0.659. The third-order valence-corrected chi connectivity index (χ3v) is 2.83. The van der Waals surface area contributed by atoms with Crippen molar-refractivity contribution in [2.45, 2.75) is 6.92 Å². The van der Waals surface area contributed by atoms with Crippen LogP contribution in [0.4, 0.5) is 5.82 Å². The number of rotatable bonds is 4. The lowest BCUT2D eigenvalue weighted by Crippen LogP contribution is -2.22. The molecule has 0 saturated heterocycles. The van der Waals surface area contributed by atoms with Crippen molar-refractivity contribution in [3.05, 3.63) is 47.2 Å². The van der Waals surface area contributed by atoms with Gasteiger partial charge in [-0.1, -0.05) is 6.07 Å². The van der Waals surface area contributed by atoms with Gasteiger partial charge in [0.15, 0.2) is 6.61 Å². The van der Waals surface area contributed by atoms with Crippen LogP contribution in [0.25, 0.3) is 0 Å². The van der Waals surface area contributed by atoms with Crippen molar-refractivity contribution in [1.29, 1.82) is 5.26 Å². The van der Waals surface area contributed by atoms with Crippen LogP contribution in [-0.2, 0) is 16.6 Å². The number of nitrogens with one attached hydrogen (secondary N) is 1. The maximum absolute atomic E-state index is 11.8. The summed E-state index contributed by atoms with van der Waals surface area (Å²) in [6.07, 6.45) is 0. The summed E-state index contributed by atoms with van der Waals surface area (Å²) in [6.45, 7) is 1.39. The molecule has 7 heteroatoms. The molecule has 7 nitrogen and oxygen atoms in total. The molecule has 0 aliphatic heterocycles. The van der Waals surface area contributed by atoms with Gasteiger partial charge in [0.25, 0.3) is 5.91 Å². The fourth-order valence-corrected chi connectivity index (χ4v) is 1.84. The third-order valence-electron chi connectivity index (χ3n) is 2.83. The summed E-state index contributed by atoms with van der Waals surface area (Å²) in [5.74, 6) is -0.605. The van der Waals surface area contributed by atoms with Gasteiger partial charge in [0, 0.05) is 13.1 Å². The number of carbonyl (C=O) groups excluding carboxylic acids is 2. The Bertz CT molecular complexity index is 758. The molecule has 0 atom stereocenters. The Balaban J connectivity index is 1.92. The average Bonchev–Trinajstić information content (AvgIpc) is 2.82. The van der Waals surface area contributed by atoms with Gasteiger partial charge < -0.3 is 10.1 Å². The number of carbonyl (C=O) groups is 2. The number of esters is 1. The van der Waals surface area contributed by atoms with Crippen molar-refractivity contribution >= 4 is 17.7 Å². The molecule has 2 aromatic rings. The monoisotopic (exact) mass is 298 g/mol. The summed E-state index contributed by atoms with van der Waals surface area (Å²) < 4.78 is 6.44. The van der Waals surface area contributed by atoms with Gasteiger partial charge >= 0.3 is 5.97 Å². The van der Waals surface area contributed by atoms with Crippen LogP contribution in [0, 0.1) is 18.3 Å². The lowest BCUT2D eigenvalue weighted by molar-refractivity contribution is -0.119. The summed E-state index contributed by atoms with van der Waals surface area (Å²) in [7, 11) is 1.70. The van der Waals surface area contributed by atoms with Crippen LogP contribution in [0.15, 0.2) is 30.3 Å². The fraction of sp³-hybridized carbons (Fsp3) is 0.200. The predicted octanol–water partition coefficient (Wildman–Crippen LogP) is 1.40. The summed E-state index contributed by atoms with van der Waals surface area (Å²) in [6, 6.07) is 9.72. The van der Waals surface area contributed by atoms with Gasteiger partial charge in [-0.15, -0.1) is 0 Å². The molecule has 0 unspecified atom stereocenters. The zero-order valence-corrected chi connectivity index (χ0v) is 12.2. The van der Waals surface area contributed by atoms with E-state index in [-0.39, 0.29) is 5.56 Å².